The van der Waals surface area contributed by atoms with Gasteiger partial charge in [-0.3, -0.25) is 4.68 Å². The van der Waals surface area contributed by atoms with Gasteiger partial charge in [-0.05, 0) is 25.1 Å². The summed E-state index contributed by atoms with van der Waals surface area (Å²) in [5.41, 5.74) is 5.35. The molecule has 5 heterocycles. The van der Waals surface area contributed by atoms with E-state index in [4.69, 9.17) is 24.9 Å². The van der Waals surface area contributed by atoms with Gasteiger partial charge in [0.2, 0.25) is 5.95 Å². The summed E-state index contributed by atoms with van der Waals surface area (Å²) in [6.45, 7) is 4.84. The molecule has 0 amide bonds. The van der Waals surface area contributed by atoms with Crippen molar-refractivity contribution < 1.29 is 4.74 Å². The molecule has 1 aliphatic rings. The van der Waals surface area contributed by atoms with E-state index in [0.717, 1.165) is 35.7 Å². The predicted molar refractivity (Wildman–Crippen MR) is 123 cm³/mol. The Morgan fingerprint density at radius 2 is 1.70 bits per heavy atom. The first kappa shape index (κ1) is 19.6. The molecule has 10 nitrogen and oxygen atoms in total. The zero-order valence-electron chi connectivity index (χ0n) is 18.5. The summed E-state index contributed by atoms with van der Waals surface area (Å²) >= 11 is 0. The van der Waals surface area contributed by atoms with Crippen molar-refractivity contribution >= 4 is 11.6 Å². The SMILES string of the molecule is Cc1cccc(-c2ccn(-c3nc(N4CCOCC4)n4nc(-c5ccn(C)n5)cc4n3)n2)c1. The van der Waals surface area contributed by atoms with Gasteiger partial charge in [-0.2, -0.15) is 29.8 Å². The van der Waals surface area contributed by atoms with E-state index in [9.17, 15) is 0 Å². The second kappa shape index (κ2) is 7.82. The zero-order valence-corrected chi connectivity index (χ0v) is 18.5. The van der Waals surface area contributed by atoms with Crippen molar-refractivity contribution in [1.29, 1.82) is 0 Å². The van der Waals surface area contributed by atoms with Crippen LogP contribution in [0.2, 0.25) is 0 Å². The number of morpholine rings is 1. The van der Waals surface area contributed by atoms with Gasteiger partial charge < -0.3 is 9.64 Å². The number of nitrogens with zero attached hydrogens (tertiary/aromatic N) is 9. The van der Waals surface area contributed by atoms with Gasteiger partial charge in [-0.15, -0.1) is 0 Å². The topological polar surface area (TPSA) is 91.2 Å². The van der Waals surface area contributed by atoms with Crippen LogP contribution in [0.25, 0.3) is 34.2 Å². The van der Waals surface area contributed by atoms with E-state index in [0.29, 0.717) is 30.8 Å². The van der Waals surface area contributed by atoms with Gasteiger partial charge in [0.15, 0.2) is 5.65 Å². The summed E-state index contributed by atoms with van der Waals surface area (Å²) in [7, 11) is 1.89. The minimum absolute atomic E-state index is 0.496. The van der Waals surface area contributed by atoms with E-state index < -0.39 is 0 Å². The molecule has 4 aromatic heterocycles. The van der Waals surface area contributed by atoms with Gasteiger partial charge in [-0.25, -0.2) is 4.68 Å². The molecule has 0 saturated carbocycles. The lowest BCUT2D eigenvalue weighted by atomic mass is 10.1. The summed E-state index contributed by atoms with van der Waals surface area (Å²) in [6, 6.07) is 14.1. The Morgan fingerprint density at radius 3 is 2.48 bits per heavy atom. The Hall–Kier alpha value is -4.05. The fourth-order valence-corrected chi connectivity index (χ4v) is 4.00. The molecular formula is C23H23N9O. The van der Waals surface area contributed by atoms with Gasteiger partial charge >= 0.3 is 0 Å². The molecule has 1 aromatic carbocycles. The molecule has 1 fully saturated rings. The van der Waals surface area contributed by atoms with Crippen LogP contribution in [0.5, 0.6) is 0 Å². The maximum Gasteiger partial charge on any atom is 0.255 e. The van der Waals surface area contributed by atoms with Crippen LogP contribution in [0.3, 0.4) is 0 Å². The molecule has 0 atom stereocenters. The first-order valence-corrected chi connectivity index (χ1v) is 10.9. The molecule has 0 aliphatic carbocycles. The van der Waals surface area contributed by atoms with Crippen molar-refractivity contribution in [2.45, 2.75) is 6.92 Å². The molecule has 0 unspecified atom stereocenters. The van der Waals surface area contributed by atoms with Crippen LogP contribution in [0, 0.1) is 6.92 Å². The lowest BCUT2D eigenvalue weighted by molar-refractivity contribution is 0.121. The second-order valence-corrected chi connectivity index (χ2v) is 8.11. The van der Waals surface area contributed by atoms with Crippen molar-refractivity contribution in [1.82, 2.24) is 39.1 Å². The summed E-state index contributed by atoms with van der Waals surface area (Å²) in [6.07, 6.45) is 3.79. The molecule has 33 heavy (non-hydrogen) atoms. The van der Waals surface area contributed by atoms with Crippen LogP contribution in [-0.2, 0) is 11.8 Å². The third kappa shape index (κ3) is 3.64. The standard InChI is InChI=1S/C23H23N9O/c1-16-4-3-5-17(14-16)18-7-9-31(27-18)22-24-21-15-20(19-6-8-29(2)26-19)28-32(21)23(25-22)30-10-12-33-13-11-30/h3-9,14-15H,10-13H2,1-2H3. The van der Waals surface area contributed by atoms with Crippen molar-refractivity contribution in [3.8, 4) is 28.6 Å². The van der Waals surface area contributed by atoms with Crippen LogP contribution in [0.15, 0.2) is 54.9 Å². The number of anilines is 1. The molecule has 6 rings (SSSR count). The Labute approximate surface area is 190 Å². The van der Waals surface area contributed by atoms with Gasteiger partial charge in [0, 0.05) is 44.2 Å². The Morgan fingerprint density at radius 1 is 0.848 bits per heavy atom. The Balaban J connectivity index is 1.47. The van der Waals surface area contributed by atoms with Crippen molar-refractivity contribution in [3.63, 3.8) is 0 Å². The van der Waals surface area contributed by atoms with E-state index >= 15 is 0 Å². The Bertz CT molecular complexity index is 1440. The summed E-state index contributed by atoms with van der Waals surface area (Å²) in [5.74, 6) is 1.21. The quantitative estimate of drug-likeness (QED) is 0.423. The number of rotatable bonds is 4. The highest BCUT2D eigenvalue weighted by Crippen LogP contribution is 2.23. The number of hydrogen-bond donors (Lipinski definition) is 0. The third-order valence-corrected chi connectivity index (χ3v) is 5.67. The van der Waals surface area contributed by atoms with E-state index in [1.54, 1.807) is 13.9 Å². The molecule has 10 heteroatoms. The van der Waals surface area contributed by atoms with E-state index in [2.05, 4.69) is 35.1 Å². The number of aryl methyl sites for hydroxylation is 2. The highest BCUT2D eigenvalue weighted by Gasteiger charge is 2.21. The zero-order chi connectivity index (χ0) is 22.4. The second-order valence-electron chi connectivity index (χ2n) is 8.11. The molecule has 1 aliphatic heterocycles. The molecule has 5 aromatic rings. The first-order valence-electron chi connectivity index (χ1n) is 10.9. The average molecular weight is 441 g/mol. The van der Waals surface area contributed by atoms with Crippen LogP contribution < -0.4 is 4.90 Å². The predicted octanol–water partition coefficient (Wildman–Crippen LogP) is 2.52. The molecule has 0 radical (unpaired) electrons. The van der Waals surface area contributed by atoms with Gasteiger partial charge in [0.25, 0.3) is 5.95 Å². The van der Waals surface area contributed by atoms with Crippen LogP contribution in [-0.4, -0.2) is 65.4 Å². The maximum absolute atomic E-state index is 5.54. The van der Waals surface area contributed by atoms with E-state index in [-0.39, 0.29) is 0 Å². The van der Waals surface area contributed by atoms with Gasteiger partial charge in [0.05, 0.1) is 18.9 Å². The highest BCUT2D eigenvalue weighted by atomic mass is 16.5. The fraction of sp³-hybridized carbons (Fsp3) is 0.261. The lowest BCUT2D eigenvalue weighted by Crippen LogP contribution is -2.38. The number of benzene rings is 1. The molecular weight excluding hydrogens is 418 g/mol. The number of fused-ring (bicyclic) bond motifs is 1. The summed E-state index contributed by atoms with van der Waals surface area (Å²) < 4.78 is 10.8. The normalized spacial score (nSPS) is 14.3. The summed E-state index contributed by atoms with van der Waals surface area (Å²) in [5, 5.41) is 14.0. The summed E-state index contributed by atoms with van der Waals surface area (Å²) in [4.78, 5) is 11.8. The average Bonchev–Trinajstić information content (AvgIpc) is 3.58. The Kier molecular flexibility index (Phi) is 4.65. The van der Waals surface area contributed by atoms with Crippen molar-refractivity contribution in [3.05, 3.63) is 60.4 Å². The lowest BCUT2D eigenvalue weighted by Gasteiger charge is -2.27. The van der Waals surface area contributed by atoms with E-state index in [1.165, 1.54) is 5.56 Å². The van der Waals surface area contributed by atoms with Crippen LogP contribution >= 0.6 is 0 Å². The minimum Gasteiger partial charge on any atom is -0.378 e. The van der Waals surface area contributed by atoms with Crippen molar-refractivity contribution in [2.24, 2.45) is 7.05 Å². The minimum atomic E-state index is 0.496. The number of ether oxygens (including phenoxy) is 1. The van der Waals surface area contributed by atoms with Gasteiger partial charge in [-0.1, -0.05) is 23.8 Å². The smallest absolute Gasteiger partial charge is 0.255 e. The fourth-order valence-electron chi connectivity index (χ4n) is 4.00. The van der Waals surface area contributed by atoms with Crippen molar-refractivity contribution in [2.75, 3.05) is 31.2 Å². The van der Waals surface area contributed by atoms with E-state index in [1.807, 2.05) is 43.7 Å². The number of aromatic nitrogens is 8. The third-order valence-electron chi connectivity index (χ3n) is 5.67. The molecule has 0 N–H and O–H groups in total. The molecule has 1 saturated heterocycles. The van der Waals surface area contributed by atoms with Crippen LogP contribution in [0.1, 0.15) is 5.56 Å². The molecule has 0 spiro atoms. The van der Waals surface area contributed by atoms with Gasteiger partial charge in [0.1, 0.15) is 11.4 Å². The van der Waals surface area contributed by atoms with Crippen LogP contribution in [0.4, 0.5) is 5.95 Å². The maximum atomic E-state index is 5.54. The molecule has 166 valence electrons. The first-order chi connectivity index (χ1) is 16.1. The molecule has 0 bridgehead atoms. The largest absolute Gasteiger partial charge is 0.378 e. The number of hydrogen-bond acceptors (Lipinski definition) is 7. The monoisotopic (exact) mass is 441 g/mol. The highest BCUT2D eigenvalue weighted by molar-refractivity contribution is 5.63.